The van der Waals surface area contributed by atoms with Crippen molar-refractivity contribution in [2.75, 3.05) is 32.8 Å². The van der Waals surface area contributed by atoms with Crippen LogP contribution in [0.2, 0.25) is 0 Å². The molecule has 2 heterocycles. The molecule has 3 rings (SSSR count). The number of thiophene rings is 1. The SMILES string of the molecule is CCOc1ccc(C(=O)NCC(=O)NCC(c2cccs2)N2CCC(C)CC2)cc1. The smallest absolute Gasteiger partial charge is 0.251 e. The van der Waals surface area contributed by atoms with Crippen molar-refractivity contribution in [3.05, 3.63) is 52.2 Å². The van der Waals surface area contributed by atoms with Crippen molar-refractivity contribution in [1.29, 1.82) is 0 Å². The quantitative estimate of drug-likeness (QED) is 0.640. The van der Waals surface area contributed by atoms with E-state index >= 15 is 0 Å². The summed E-state index contributed by atoms with van der Waals surface area (Å²) in [7, 11) is 0. The molecule has 7 heteroatoms. The Kier molecular flexibility index (Phi) is 8.28. The molecule has 6 nitrogen and oxygen atoms in total. The van der Waals surface area contributed by atoms with E-state index in [2.05, 4.69) is 40.0 Å². The molecule has 1 aliphatic heterocycles. The molecule has 0 spiro atoms. The molecule has 1 saturated heterocycles. The zero-order valence-electron chi connectivity index (χ0n) is 17.7. The zero-order valence-corrected chi connectivity index (χ0v) is 18.5. The lowest BCUT2D eigenvalue weighted by Crippen LogP contribution is -2.44. The first-order valence-corrected chi connectivity index (χ1v) is 11.5. The van der Waals surface area contributed by atoms with Crippen molar-refractivity contribution in [3.8, 4) is 5.75 Å². The Balaban J connectivity index is 1.48. The molecule has 1 fully saturated rings. The first-order valence-electron chi connectivity index (χ1n) is 10.6. The van der Waals surface area contributed by atoms with Crippen molar-refractivity contribution in [1.82, 2.24) is 15.5 Å². The Morgan fingerprint density at radius 2 is 1.90 bits per heavy atom. The van der Waals surface area contributed by atoms with E-state index in [1.807, 2.05) is 6.92 Å². The summed E-state index contributed by atoms with van der Waals surface area (Å²) in [6.07, 6.45) is 2.38. The third-order valence-electron chi connectivity index (χ3n) is 5.46. The Labute approximate surface area is 182 Å². The van der Waals surface area contributed by atoms with Gasteiger partial charge in [-0.05, 0) is 74.5 Å². The van der Waals surface area contributed by atoms with Gasteiger partial charge in [0.15, 0.2) is 0 Å². The molecule has 0 aliphatic carbocycles. The van der Waals surface area contributed by atoms with E-state index in [1.165, 1.54) is 17.7 Å². The summed E-state index contributed by atoms with van der Waals surface area (Å²) in [5.41, 5.74) is 0.505. The van der Waals surface area contributed by atoms with Crippen LogP contribution in [0.15, 0.2) is 41.8 Å². The molecule has 0 bridgehead atoms. The van der Waals surface area contributed by atoms with Crippen LogP contribution >= 0.6 is 11.3 Å². The maximum atomic E-state index is 12.4. The monoisotopic (exact) mass is 429 g/mol. The van der Waals surface area contributed by atoms with Gasteiger partial charge in [0, 0.05) is 17.0 Å². The van der Waals surface area contributed by atoms with Crippen molar-refractivity contribution < 1.29 is 14.3 Å². The number of rotatable bonds is 9. The van der Waals surface area contributed by atoms with Gasteiger partial charge in [-0.2, -0.15) is 0 Å². The number of nitrogens with zero attached hydrogens (tertiary/aromatic N) is 1. The minimum atomic E-state index is -0.270. The number of amides is 2. The summed E-state index contributed by atoms with van der Waals surface area (Å²) in [5.74, 6) is 1.03. The van der Waals surface area contributed by atoms with Gasteiger partial charge in [0.1, 0.15) is 5.75 Å². The van der Waals surface area contributed by atoms with Gasteiger partial charge < -0.3 is 15.4 Å². The Morgan fingerprint density at radius 1 is 1.17 bits per heavy atom. The largest absolute Gasteiger partial charge is 0.494 e. The lowest BCUT2D eigenvalue weighted by Gasteiger charge is -2.36. The van der Waals surface area contributed by atoms with Gasteiger partial charge in [-0.25, -0.2) is 0 Å². The lowest BCUT2D eigenvalue weighted by molar-refractivity contribution is -0.120. The highest BCUT2D eigenvalue weighted by atomic mass is 32.1. The van der Waals surface area contributed by atoms with Crippen LogP contribution in [0.5, 0.6) is 5.75 Å². The van der Waals surface area contributed by atoms with E-state index in [0.29, 0.717) is 18.7 Å². The number of carbonyl (C=O) groups excluding carboxylic acids is 2. The van der Waals surface area contributed by atoms with E-state index in [1.54, 1.807) is 35.6 Å². The van der Waals surface area contributed by atoms with Crippen LogP contribution in [0.1, 0.15) is 48.0 Å². The summed E-state index contributed by atoms with van der Waals surface area (Å²) >= 11 is 1.72. The number of benzene rings is 1. The third-order valence-corrected chi connectivity index (χ3v) is 6.43. The van der Waals surface area contributed by atoms with Crippen LogP contribution in [-0.4, -0.2) is 49.5 Å². The van der Waals surface area contributed by atoms with Gasteiger partial charge in [-0.15, -0.1) is 11.3 Å². The number of ether oxygens (including phenoxy) is 1. The molecular formula is C23H31N3O3S. The van der Waals surface area contributed by atoms with Gasteiger partial charge in [-0.1, -0.05) is 13.0 Å². The molecule has 30 heavy (non-hydrogen) atoms. The molecular weight excluding hydrogens is 398 g/mol. The second-order valence-corrected chi connectivity index (χ2v) is 8.67. The molecule has 1 aliphatic rings. The van der Waals surface area contributed by atoms with Gasteiger partial charge in [0.25, 0.3) is 5.91 Å². The number of hydrogen-bond acceptors (Lipinski definition) is 5. The van der Waals surface area contributed by atoms with Crippen LogP contribution in [0.25, 0.3) is 0 Å². The predicted molar refractivity (Wildman–Crippen MR) is 120 cm³/mol. The standard InChI is InChI=1S/C23H31N3O3S/c1-3-29-19-8-6-18(7-9-19)23(28)25-16-22(27)24-15-20(21-5-4-14-30-21)26-12-10-17(2)11-13-26/h4-9,14,17,20H,3,10-13,15-16H2,1-2H3,(H,24,27)(H,25,28). The average Bonchev–Trinajstić information content (AvgIpc) is 3.29. The fourth-order valence-electron chi connectivity index (χ4n) is 3.64. The molecule has 2 aromatic rings. The molecule has 0 saturated carbocycles. The number of nitrogens with one attached hydrogen (secondary N) is 2. The fraction of sp³-hybridized carbons (Fsp3) is 0.478. The summed E-state index contributed by atoms with van der Waals surface area (Å²) in [5, 5.41) is 7.77. The van der Waals surface area contributed by atoms with E-state index in [0.717, 1.165) is 24.8 Å². The van der Waals surface area contributed by atoms with Crippen molar-refractivity contribution in [2.45, 2.75) is 32.7 Å². The third kappa shape index (κ3) is 6.31. The molecule has 0 radical (unpaired) electrons. The highest BCUT2D eigenvalue weighted by molar-refractivity contribution is 7.10. The predicted octanol–water partition coefficient (Wildman–Crippen LogP) is 3.47. The first-order chi connectivity index (χ1) is 14.6. The summed E-state index contributed by atoms with van der Waals surface area (Å²) in [6.45, 7) is 7.39. The topological polar surface area (TPSA) is 70.7 Å². The van der Waals surface area contributed by atoms with Gasteiger partial charge in [0.2, 0.25) is 5.91 Å². The molecule has 1 aromatic carbocycles. The highest BCUT2D eigenvalue weighted by Gasteiger charge is 2.25. The van der Waals surface area contributed by atoms with E-state index < -0.39 is 0 Å². The van der Waals surface area contributed by atoms with Crippen LogP contribution in [0, 0.1) is 5.92 Å². The Morgan fingerprint density at radius 3 is 2.53 bits per heavy atom. The molecule has 1 aromatic heterocycles. The lowest BCUT2D eigenvalue weighted by atomic mass is 9.97. The van der Waals surface area contributed by atoms with Gasteiger partial charge in [-0.3, -0.25) is 14.5 Å². The van der Waals surface area contributed by atoms with E-state index in [-0.39, 0.29) is 24.4 Å². The first kappa shape index (κ1) is 22.3. The van der Waals surface area contributed by atoms with Crippen LogP contribution in [-0.2, 0) is 4.79 Å². The number of carbonyl (C=O) groups is 2. The maximum Gasteiger partial charge on any atom is 0.251 e. The Hall–Kier alpha value is -2.38. The fourth-order valence-corrected chi connectivity index (χ4v) is 4.50. The zero-order chi connectivity index (χ0) is 21.3. The van der Waals surface area contributed by atoms with Crippen LogP contribution < -0.4 is 15.4 Å². The molecule has 2 N–H and O–H groups in total. The Bertz CT molecular complexity index is 800. The van der Waals surface area contributed by atoms with Gasteiger partial charge in [0.05, 0.1) is 19.2 Å². The number of piperidine rings is 1. The average molecular weight is 430 g/mol. The summed E-state index contributed by atoms with van der Waals surface area (Å²) in [6, 6.07) is 11.3. The molecule has 2 amide bonds. The van der Waals surface area contributed by atoms with Gasteiger partial charge >= 0.3 is 0 Å². The van der Waals surface area contributed by atoms with E-state index in [4.69, 9.17) is 4.74 Å². The van der Waals surface area contributed by atoms with Crippen LogP contribution in [0.4, 0.5) is 0 Å². The van der Waals surface area contributed by atoms with Crippen molar-refractivity contribution in [2.24, 2.45) is 5.92 Å². The van der Waals surface area contributed by atoms with Crippen molar-refractivity contribution in [3.63, 3.8) is 0 Å². The van der Waals surface area contributed by atoms with E-state index in [9.17, 15) is 9.59 Å². The number of likely N-dealkylation sites (tertiary alicyclic amines) is 1. The normalized spacial score (nSPS) is 16.1. The second kappa shape index (κ2) is 11.1. The minimum absolute atomic E-state index is 0.0414. The summed E-state index contributed by atoms with van der Waals surface area (Å²) in [4.78, 5) is 28.4. The van der Waals surface area contributed by atoms with Crippen LogP contribution in [0.3, 0.4) is 0 Å². The summed E-state index contributed by atoms with van der Waals surface area (Å²) < 4.78 is 5.38. The molecule has 1 unspecified atom stereocenters. The molecule has 162 valence electrons. The molecule has 1 atom stereocenters. The number of hydrogen-bond donors (Lipinski definition) is 2. The minimum Gasteiger partial charge on any atom is -0.494 e. The maximum absolute atomic E-state index is 12.4. The second-order valence-electron chi connectivity index (χ2n) is 7.69. The highest BCUT2D eigenvalue weighted by Crippen LogP contribution is 2.29. The van der Waals surface area contributed by atoms with Crippen molar-refractivity contribution >= 4 is 23.2 Å².